The zero-order valence-corrected chi connectivity index (χ0v) is 7.40. The summed E-state index contributed by atoms with van der Waals surface area (Å²) >= 11 is 0. The van der Waals surface area contributed by atoms with Crippen LogP contribution in [0, 0.1) is 5.92 Å². The van der Waals surface area contributed by atoms with Gasteiger partial charge in [-0.3, -0.25) is 0 Å². The molecule has 66 valence electrons. The first-order chi connectivity index (χ1) is 5.74. The number of hydrogen-bond acceptors (Lipinski definition) is 2. The van der Waals surface area contributed by atoms with E-state index in [0.29, 0.717) is 0 Å². The SMILES string of the molecule is CCC1CC1(N)Cn1ccnc1. The van der Waals surface area contributed by atoms with Crippen molar-refractivity contribution in [3.63, 3.8) is 0 Å². The summed E-state index contributed by atoms with van der Waals surface area (Å²) in [6.07, 6.45) is 7.97. The van der Waals surface area contributed by atoms with Gasteiger partial charge >= 0.3 is 0 Å². The maximum atomic E-state index is 6.14. The summed E-state index contributed by atoms with van der Waals surface area (Å²) in [5, 5.41) is 0. The molecule has 1 aromatic heterocycles. The Morgan fingerprint density at radius 1 is 1.75 bits per heavy atom. The molecular weight excluding hydrogens is 150 g/mol. The summed E-state index contributed by atoms with van der Waals surface area (Å²) in [5.74, 6) is 0.722. The average Bonchev–Trinajstić information content (AvgIpc) is 2.48. The largest absolute Gasteiger partial charge is 0.336 e. The lowest BCUT2D eigenvalue weighted by molar-refractivity contribution is 0.492. The molecule has 0 aromatic carbocycles. The summed E-state index contributed by atoms with van der Waals surface area (Å²) in [7, 11) is 0. The van der Waals surface area contributed by atoms with Crippen LogP contribution in [0.1, 0.15) is 19.8 Å². The van der Waals surface area contributed by atoms with E-state index in [9.17, 15) is 0 Å². The van der Waals surface area contributed by atoms with Crippen molar-refractivity contribution < 1.29 is 0 Å². The molecule has 3 heteroatoms. The second-order valence-corrected chi connectivity index (χ2v) is 3.78. The van der Waals surface area contributed by atoms with Crippen molar-refractivity contribution in [2.75, 3.05) is 0 Å². The summed E-state index contributed by atoms with van der Waals surface area (Å²) < 4.78 is 2.07. The van der Waals surface area contributed by atoms with Gasteiger partial charge in [-0.15, -0.1) is 0 Å². The maximum Gasteiger partial charge on any atom is 0.0946 e. The number of hydrogen-bond donors (Lipinski definition) is 1. The average molecular weight is 165 g/mol. The Bertz CT molecular complexity index is 255. The highest BCUT2D eigenvalue weighted by Crippen LogP contribution is 2.44. The monoisotopic (exact) mass is 165 g/mol. The van der Waals surface area contributed by atoms with Crippen molar-refractivity contribution in [3.05, 3.63) is 18.7 Å². The first kappa shape index (κ1) is 7.80. The molecule has 3 nitrogen and oxygen atoms in total. The molecule has 0 amide bonds. The van der Waals surface area contributed by atoms with Gasteiger partial charge in [0.15, 0.2) is 0 Å². The number of rotatable bonds is 3. The van der Waals surface area contributed by atoms with E-state index in [1.165, 1.54) is 12.8 Å². The van der Waals surface area contributed by atoms with Gasteiger partial charge in [0, 0.05) is 24.5 Å². The number of aromatic nitrogens is 2. The predicted octanol–water partition coefficient (Wildman–Crippen LogP) is 1.01. The van der Waals surface area contributed by atoms with Gasteiger partial charge in [0.05, 0.1) is 6.33 Å². The maximum absolute atomic E-state index is 6.14. The number of nitrogens with zero attached hydrogens (tertiary/aromatic N) is 2. The van der Waals surface area contributed by atoms with E-state index >= 15 is 0 Å². The first-order valence-corrected chi connectivity index (χ1v) is 4.49. The van der Waals surface area contributed by atoms with Crippen LogP contribution >= 0.6 is 0 Å². The highest BCUT2D eigenvalue weighted by Gasteiger charge is 2.49. The lowest BCUT2D eigenvalue weighted by Crippen LogP contribution is -2.30. The van der Waals surface area contributed by atoms with Gasteiger partial charge in [-0.2, -0.15) is 0 Å². The van der Waals surface area contributed by atoms with E-state index in [1.807, 2.05) is 12.5 Å². The molecule has 0 spiro atoms. The molecule has 0 saturated heterocycles. The topological polar surface area (TPSA) is 43.8 Å². The third-order valence-electron chi connectivity index (χ3n) is 2.81. The first-order valence-electron chi connectivity index (χ1n) is 4.49. The van der Waals surface area contributed by atoms with Crippen LogP contribution in [0.2, 0.25) is 0 Å². The van der Waals surface area contributed by atoms with Crippen molar-refractivity contribution in [2.45, 2.75) is 31.8 Å². The van der Waals surface area contributed by atoms with E-state index in [4.69, 9.17) is 5.73 Å². The zero-order chi connectivity index (χ0) is 8.60. The lowest BCUT2D eigenvalue weighted by atomic mass is 10.2. The van der Waals surface area contributed by atoms with Gasteiger partial charge in [-0.1, -0.05) is 13.3 Å². The van der Waals surface area contributed by atoms with Gasteiger partial charge < -0.3 is 10.3 Å². The molecule has 2 N–H and O–H groups in total. The highest BCUT2D eigenvalue weighted by atomic mass is 15.1. The number of imidazole rings is 1. The predicted molar refractivity (Wildman–Crippen MR) is 47.5 cm³/mol. The quantitative estimate of drug-likeness (QED) is 0.726. The summed E-state index contributed by atoms with van der Waals surface area (Å²) in [5.41, 5.74) is 6.21. The summed E-state index contributed by atoms with van der Waals surface area (Å²) in [4.78, 5) is 3.99. The van der Waals surface area contributed by atoms with Crippen molar-refractivity contribution in [2.24, 2.45) is 11.7 Å². The van der Waals surface area contributed by atoms with Crippen molar-refractivity contribution in [1.29, 1.82) is 0 Å². The molecule has 2 unspecified atom stereocenters. The summed E-state index contributed by atoms with van der Waals surface area (Å²) in [6, 6.07) is 0. The van der Waals surface area contributed by atoms with Gasteiger partial charge in [-0.25, -0.2) is 4.98 Å². The molecule has 0 aliphatic heterocycles. The molecule has 0 bridgehead atoms. The Morgan fingerprint density at radius 3 is 3.08 bits per heavy atom. The Balaban J connectivity index is 1.97. The van der Waals surface area contributed by atoms with Crippen LogP contribution in [0.3, 0.4) is 0 Å². The molecule has 1 heterocycles. The molecular formula is C9H15N3. The normalized spacial score (nSPS) is 33.7. The standard InChI is InChI=1S/C9H15N3/c1-2-8-5-9(8,10)6-12-4-3-11-7-12/h3-4,7-8H,2,5-6,10H2,1H3. The van der Waals surface area contributed by atoms with Crippen LogP contribution in [0.15, 0.2) is 18.7 Å². The molecule has 1 aromatic rings. The fourth-order valence-corrected chi connectivity index (χ4v) is 1.86. The molecule has 0 radical (unpaired) electrons. The molecule has 12 heavy (non-hydrogen) atoms. The van der Waals surface area contributed by atoms with E-state index in [-0.39, 0.29) is 5.54 Å². The second kappa shape index (κ2) is 2.59. The lowest BCUT2D eigenvalue weighted by Gasteiger charge is -2.10. The number of nitrogens with two attached hydrogens (primary N) is 1. The van der Waals surface area contributed by atoms with Gasteiger partial charge in [0.2, 0.25) is 0 Å². The Hall–Kier alpha value is -0.830. The van der Waals surface area contributed by atoms with Crippen LogP contribution in [0.4, 0.5) is 0 Å². The van der Waals surface area contributed by atoms with Crippen LogP contribution in [0.5, 0.6) is 0 Å². The molecule has 2 atom stereocenters. The van der Waals surface area contributed by atoms with Crippen molar-refractivity contribution in [1.82, 2.24) is 9.55 Å². The minimum absolute atomic E-state index is 0.0649. The van der Waals surface area contributed by atoms with Crippen LogP contribution in [-0.4, -0.2) is 15.1 Å². The Kier molecular flexibility index (Phi) is 1.68. The van der Waals surface area contributed by atoms with E-state index in [0.717, 1.165) is 12.5 Å². The molecule has 1 aliphatic carbocycles. The van der Waals surface area contributed by atoms with Crippen molar-refractivity contribution in [3.8, 4) is 0 Å². The second-order valence-electron chi connectivity index (χ2n) is 3.78. The van der Waals surface area contributed by atoms with Crippen LogP contribution in [-0.2, 0) is 6.54 Å². The van der Waals surface area contributed by atoms with Crippen LogP contribution < -0.4 is 5.73 Å². The van der Waals surface area contributed by atoms with E-state index in [2.05, 4.69) is 16.5 Å². The minimum atomic E-state index is 0.0649. The molecule has 1 fully saturated rings. The minimum Gasteiger partial charge on any atom is -0.336 e. The van der Waals surface area contributed by atoms with E-state index < -0.39 is 0 Å². The Morgan fingerprint density at radius 2 is 2.58 bits per heavy atom. The van der Waals surface area contributed by atoms with Crippen LogP contribution in [0.25, 0.3) is 0 Å². The molecule has 2 rings (SSSR count). The fraction of sp³-hybridized carbons (Fsp3) is 0.667. The third-order valence-corrected chi connectivity index (χ3v) is 2.81. The molecule has 1 aliphatic rings. The van der Waals surface area contributed by atoms with Gasteiger partial charge in [0.1, 0.15) is 0 Å². The summed E-state index contributed by atoms with van der Waals surface area (Å²) in [6.45, 7) is 3.12. The van der Waals surface area contributed by atoms with Crippen molar-refractivity contribution >= 4 is 0 Å². The smallest absolute Gasteiger partial charge is 0.0946 e. The molecule has 1 saturated carbocycles. The van der Waals surface area contributed by atoms with E-state index in [1.54, 1.807) is 6.20 Å². The fourth-order valence-electron chi connectivity index (χ4n) is 1.86. The highest BCUT2D eigenvalue weighted by molar-refractivity contribution is 5.07. The third kappa shape index (κ3) is 1.25. The Labute approximate surface area is 72.6 Å². The zero-order valence-electron chi connectivity index (χ0n) is 7.40. The van der Waals surface area contributed by atoms with Gasteiger partial charge in [0.25, 0.3) is 0 Å². The van der Waals surface area contributed by atoms with Gasteiger partial charge in [-0.05, 0) is 12.3 Å².